The van der Waals surface area contributed by atoms with Gasteiger partial charge in [0, 0.05) is 26.6 Å². The molecule has 0 fully saturated rings. The Labute approximate surface area is 137 Å². The number of imidazole rings is 1. The first kappa shape index (κ1) is 17.4. The van der Waals surface area contributed by atoms with Crippen molar-refractivity contribution in [1.82, 2.24) is 19.8 Å². The molecule has 2 rings (SSSR count). The summed E-state index contributed by atoms with van der Waals surface area (Å²) in [6.45, 7) is 2.63. The first-order chi connectivity index (χ1) is 11.1. The summed E-state index contributed by atoms with van der Waals surface area (Å²) in [7, 11) is 5.68. The Balaban J connectivity index is 2.06. The highest BCUT2D eigenvalue weighted by Gasteiger charge is 2.10. The smallest absolute Gasteiger partial charge is 0.245 e. The van der Waals surface area contributed by atoms with Crippen LogP contribution in [0.1, 0.15) is 12.2 Å². The van der Waals surface area contributed by atoms with Gasteiger partial charge in [-0.2, -0.15) is 0 Å². The Kier molecular flexibility index (Phi) is 6.55. The number of benzene rings is 1. The summed E-state index contributed by atoms with van der Waals surface area (Å²) in [5.41, 5.74) is 2.17. The molecule has 0 atom stereocenters. The van der Waals surface area contributed by atoms with E-state index >= 15 is 0 Å². The third-order valence-electron chi connectivity index (χ3n) is 3.67. The number of hydrogen-bond donors (Lipinski definition) is 1. The van der Waals surface area contributed by atoms with Gasteiger partial charge in [-0.15, -0.1) is 0 Å². The lowest BCUT2D eigenvalue weighted by atomic mass is 10.3. The van der Waals surface area contributed by atoms with E-state index in [9.17, 15) is 4.79 Å². The monoisotopic (exact) mass is 318 g/mol. The van der Waals surface area contributed by atoms with Crippen LogP contribution in [0.15, 0.2) is 24.3 Å². The topological polar surface area (TPSA) is 59.4 Å². The maximum atomic E-state index is 11.5. The Morgan fingerprint density at radius 3 is 2.87 bits per heavy atom. The van der Waals surface area contributed by atoms with E-state index in [1.54, 1.807) is 0 Å². The van der Waals surface area contributed by atoms with Crippen LogP contribution in [0.3, 0.4) is 0 Å². The summed E-state index contributed by atoms with van der Waals surface area (Å²) in [5, 5.41) is 2.85. The lowest BCUT2D eigenvalue weighted by molar-refractivity contribution is -0.124. The lowest BCUT2D eigenvalue weighted by Gasteiger charge is -2.12. The molecule has 126 valence electrons. The number of nitrogens with one attached hydrogen (secondary N) is 1. The molecule has 0 unspecified atom stereocenters. The molecule has 0 saturated carbocycles. The number of nitrogens with zero attached hydrogens (tertiary/aromatic N) is 3. The Morgan fingerprint density at radius 1 is 1.35 bits per heavy atom. The van der Waals surface area contributed by atoms with Crippen LogP contribution in [0, 0.1) is 0 Å². The van der Waals surface area contributed by atoms with Crippen LogP contribution >= 0.6 is 0 Å². The maximum absolute atomic E-state index is 11.5. The van der Waals surface area contributed by atoms with E-state index in [0.29, 0.717) is 13.0 Å². The van der Waals surface area contributed by atoms with Crippen molar-refractivity contribution in [1.29, 1.82) is 0 Å². The molecule has 0 aliphatic rings. The normalized spacial score (nSPS) is 11.3. The molecule has 0 saturated heterocycles. The van der Waals surface area contributed by atoms with Gasteiger partial charge in [0.25, 0.3) is 0 Å². The second-order valence-electron chi connectivity index (χ2n) is 5.86. The van der Waals surface area contributed by atoms with E-state index in [-0.39, 0.29) is 12.5 Å². The average molecular weight is 318 g/mol. The lowest BCUT2D eigenvalue weighted by Crippen LogP contribution is -2.29. The van der Waals surface area contributed by atoms with Gasteiger partial charge < -0.3 is 19.5 Å². The number of amides is 1. The molecule has 6 heteroatoms. The van der Waals surface area contributed by atoms with Crippen molar-refractivity contribution in [2.24, 2.45) is 0 Å². The molecule has 6 nitrogen and oxygen atoms in total. The number of para-hydroxylation sites is 2. The van der Waals surface area contributed by atoms with Crippen molar-refractivity contribution in [3.05, 3.63) is 30.1 Å². The first-order valence-electron chi connectivity index (χ1n) is 7.96. The van der Waals surface area contributed by atoms with Crippen LogP contribution in [0.4, 0.5) is 0 Å². The van der Waals surface area contributed by atoms with Crippen molar-refractivity contribution < 1.29 is 9.53 Å². The predicted octanol–water partition coefficient (Wildman–Crippen LogP) is 1.29. The van der Waals surface area contributed by atoms with E-state index in [0.717, 1.165) is 36.4 Å². The van der Waals surface area contributed by atoms with Crippen molar-refractivity contribution in [3.8, 4) is 0 Å². The molecule has 0 aliphatic carbocycles. The minimum atomic E-state index is -0.0947. The molecule has 1 aromatic carbocycles. The van der Waals surface area contributed by atoms with Gasteiger partial charge in [0.05, 0.1) is 11.0 Å². The van der Waals surface area contributed by atoms with Crippen molar-refractivity contribution >= 4 is 16.9 Å². The van der Waals surface area contributed by atoms with E-state index in [2.05, 4.69) is 34.9 Å². The first-order valence-corrected chi connectivity index (χ1v) is 7.96. The highest BCUT2D eigenvalue weighted by Crippen LogP contribution is 2.17. The highest BCUT2D eigenvalue weighted by atomic mass is 16.5. The fraction of sp³-hybridized carbons (Fsp3) is 0.529. The summed E-state index contributed by atoms with van der Waals surface area (Å²) >= 11 is 0. The second kappa shape index (κ2) is 8.64. The van der Waals surface area contributed by atoms with Crippen molar-refractivity contribution in [3.63, 3.8) is 0 Å². The van der Waals surface area contributed by atoms with Crippen molar-refractivity contribution in [2.75, 3.05) is 40.9 Å². The van der Waals surface area contributed by atoms with E-state index in [1.165, 1.54) is 7.11 Å². The number of carbonyl (C=O) groups excluding carboxylic acids is 1. The third kappa shape index (κ3) is 5.04. The molecular formula is C17H26N4O2. The molecule has 0 spiro atoms. The number of ether oxygens (including phenoxy) is 1. The average Bonchev–Trinajstić information content (AvgIpc) is 2.85. The summed E-state index contributed by atoms with van der Waals surface area (Å²) in [6.07, 6.45) is 1.78. The van der Waals surface area contributed by atoms with E-state index < -0.39 is 0 Å². The van der Waals surface area contributed by atoms with Crippen LogP contribution in [-0.4, -0.2) is 61.3 Å². The van der Waals surface area contributed by atoms with Gasteiger partial charge in [0.2, 0.25) is 5.91 Å². The third-order valence-corrected chi connectivity index (χ3v) is 3.67. The molecule has 1 heterocycles. The van der Waals surface area contributed by atoms with Gasteiger partial charge >= 0.3 is 0 Å². The van der Waals surface area contributed by atoms with E-state index in [1.807, 2.05) is 18.2 Å². The minimum absolute atomic E-state index is 0.0947. The Morgan fingerprint density at radius 2 is 2.13 bits per heavy atom. The Hall–Kier alpha value is -1.92. The zero-order valence-electron chi connectivity index (χ0n) is 14.2. The van der Waals surface area contributed by atoms with Gasteiger partial charge in [0.15, 0.2) is 0 Å². The predicted molar refractivity (Wildman–Crippen MR) is 91.5 cm³/mol. The number of rotatable bonds is 9. The molecule has 0 aliphatic heterocycles. The van der Waals surface area contributed by atoms with E-state index in [4.69, 9.17) is 9.72 Å². The summed E-state index contributed by atoms with van der Waals surface area (Å²) in [5.74, 6) is 0.922. The molecule has 1 aromatic heterocycles. The molecule has 1 amide bonds. The second-order valence-corrected chi connectivity index (χ2v) is 5.86. The molecular weight excluding hydrogens is 292 g/mol. The quantitative estimate of drug-likeness (QED) is 0.757. The van der Waals surface area contributed by atoms with Crippen LogP contribution in [0.2, 0.25) is 0 Å². The molecule has 0 radical (unpaired) electrons. The maximum Gasteiger partial charge on any atom is 0.245 e. The number of aryl methyl sites for hydroxylation is 1. The minimum Gasteiger partial charge on any atom is -0.375 e. The van der Waals surface area contributed by atoms with Gasteiger partial charge in [-0.25, -0.2) is 4.98 Å². The van der Waals surface area contributed by atoms with Crippen molar-refractivity contribution in [2.45, 2.75) is 19.4 Å². The molecule has 23 heavy (non-hydrogen) atoms. The number of aromatic nitrogens is 2. The fourth-order valence-corrected chi connectivity index (χ4v) is 2.61. The van der Waals surface area contributed by atoms with Crippen LogP contribution in [0.25, 0.3) is 11.0 Å². The summed E-state index contributed by atoms with van der Waals surface area (Å²) in [6, 6.07) is 8.18. The van der Waals surface area contributed by atoms with Crippen LogP contribution < -0.4 is 5.32 Å². The van der Waals surface area contributed by atoms with Gasteiger partial charge in [0.1, 0.15) is 12.4 Å². The largest absolute Gasteiger partial charge is 0.375 e. The Bertz CT molecular complexity index is 637. The molecule has 0 bridgehead atoms. The number of hydrogen-bond acceptors (Lipinski definition) is 4. The number of carbonyl (C=O) groups is 1. The fourth-order valence-electron chi connectivity index (χ4n) is 2.61. The van der Waals surface area contributed by atoms with Gasteiger partial charge in [-0.1, -0.05) is 12.1 Å². The number of methoxy groups -OCH3 is 1. The molecule has 2 aromatic rings. The zero-order valence-corrected chi connectivity index (χ0v) is 14.2. The zero-order chi connectivity index (χ0) is 16.7. The van der Waals surface area contributed by atoms with Gasteiger partial charge in [-0.05, 0) is 39.2 Å². The van der Waals surface area contributed by atoms with Crippen LogP contribution in [-0.2, 0) is 22.5 Å². The highest BCUT2D eigenvalue weighted by molar-refractivity contribution is 5.77. The SMILES string of the molecule is COCC(=O)NCCc1nc2ccccc2n1CCCN(C)C. The summed E-state index contributed by atoms with van der Waals surface area (Å²) in [4.78, 5) is 18.4. The molecule has 1 N–H and O–H groups in total. The summed E-state index contributed by atoms with van der Waals surface area (Å²) < 4.78 is 7.08. The van der Waals surface area contributed by atoms with Crippen LogP contribution in [0.5, 0.6) is 0 Å². The number of fused-ring (bicyclic) bond motifs is 1. The van der Waals surface area contributed by atoms with Gasteiger partial charge in [-0.3, -0.25) is 4.79 Å². The standard InChI is InChI=1S/C17H26N4O2/c1-20(2)11-6-12-21-15-8-5-4-7-14(15)19-16(21)9-10-18-17(22)13-23-3/h4-5,7-8H,6,9-13H2,1-3H3,(H,18,22).